The maximum atomic E-state index is 13.0. The number of nitrogen functional groups attached to an aromatic ring is 2. The molecule has 4 aliphatic heterocycles. The van der Waals surface area contributed by atoms with Crippen molar-refractivity contribution in [3.63, 3.8) is 0 Å². The third kappa shape index (κ3) is 16.2. The Hall–Kier alpha value is -6.64. The molecule has 21 nitrogen and oxygen atoms in total. The largest absolute Gasteiger partial charge is 0.465 e. The Balaban J connectivity index is 0.000000334. The molecule has 21 heteroatoms. The van der Waals surface area contributed by atoms with Crippen molar-refractivity contribution in [2.24, 2.45) is 17.4 Å². The van der Waals surface area contributed by atoms with Gasteiger partial charge in [0.05, 0.1) is 12.8 Å². The van der Waals surface area contributed by atoms with Gasteiger partial charge in [-0.05, 0) is 87.9 Å². The Labute approximate surface area is 410 Å². The molecule has 70 heavy (non-hydrogen) atoms. The minimum atomic E-state index is -0.907. The molecule has 0 unspecified atom stereocenters. The van der Waals surface area contributed by atoms with Crippen molar-refractivity contribution in [3.8, 4) is 0 Å². The minimum absolute atomic E-state index is 0.00775. The van der Waals surface area contributed by atoms with Crippen molar-refractivity contribution >= 4 is 47.8 Å². The lowest BCUT2D eigenvalue weighted by molar-refractivity contribution is -0.132. The van der Waals surface area contributed by atoms with Gasteiger partial charge in [0.15, 0.2) is 0 Å². The third-order valence-electron chi connectivity index (χ3n) is 13.8. The number of carbonyl (C=O) groups excluding carboxylic acids is 5. The summed E-state index contributed by atoms with van der Waals surface area (Å²) in [6.07, 6.45) is 6.20. The molecule has 2 aromatic rings. The van der Waals surface area contributed by atoms with E-state index in [0.717, 1.165) is 43.5 Å². The topological polar surface area (TPSA) is 284 Å². The fraction of sp³-hybridized carbons (Fsp3) is 0.592. The number of piperazine rings is 3. The summed E-state index contributed by atoms with van der Waals surface area (Å²) in [4.78, 5) is 84.2. The van der Waals surface area contributed by atoms with Gasteiger partial charge in [0, 0.05) is 96.2 Å². The van der Waals surface area contributed by atoms with Crippen LogP contribution in [0, 0.1) is 16.7 Å². The molecule has 382 valence electrons. The minimum Gasteiger partial charge on any atom is -0.465 e. The van der Waals surface area contributed by atoms with Crippen molar-refractivity contribution in [1.82, 2.24) is 40.0 Å². The Kier molecular flexibility index (Phi) is 19.9. The number of ether oxygens (including phenoxy) is 2. The monoisotopic (exact) mass is 973 g/mol. The summed E-state index contributed by atoms with van der Waals surface area (Å²) in [7, 11) is 0. The summed E-state index contributed by atoms with van der Waals surface area (Å²) in [6, 6.07) is 14.1. The lowest BCUT2D eigenvalue weighted by atomic mass is 9.95. The van der Waals surface area contributed by atoms with Gasteiger partial charge in [0.1, 0.15) is 23.9 Å². The molecule has 5 fully saturated rings. The SMILES string of the molecule is N=C(N)c1ccc(CC(=O)N2CCN(C(=O)O[C@H]3CCC[C@@H](OC(=O)N4CCN(C(=O)Cc5ccc(C(=N)N)cc5)CC4)CCC3)CC2)cc1.O=C(O)N1CCN(C(=O)NCCC2CCNCC2)CC1. The van der Waals surface area contributed by atoms with Gasteiger partial charge in [-0.3, -0.25) is 20.4 Å². The second kappa shape index (κ2) is 26.4. The first-order chi connectivity index (χ1) is 33.7. The molecule has 2 aromatic carbocycles. The van der Waals surface area contributed by atoms with E-state index in [0.29, 0.717) is 128 Å². The summed E-state index contributed by atoms with van der Waals surface area (Å²) in [5.41, 5.74) is 13.9. The zero-order chi connectivity index (χ0) is 50.0. The lowest BCUT2D eigenvalue weighted by Gasteiger charge is -2.36. The molecular weight excluding hydrogens is 901 g/mol. The van der Waals surface area contributed by atoms with Crippen LogP contribution in [0.4, 0.5) is 19.2 Å². The van der Waals surface area contributed by atoms with E-state index in [4.69, 9.17) is 36.9 Å². The normalized spacial score (nSPS) is 20.2. The Morgan fingerprint density at radius 2 is 0.929 bits per heavy atom. The van der Waals surface area contributed by atoms with Gasteiger partial charge in [-0.1, -0.05) is 48.5 Å². The highest BCUT2D eigenvalue weighted by Gasteiger charge is 2.31. The summed E-state index contributed by atoms with van der Waals surface area (Å²) in [5.74, 6) is 0.668. The zero-order valence-electron chi connectivity index (χ0n) is 40.3. The van der Waals surface area contributed by atoms with Crippen LogP contribution in [-0.4, -0.2) is 193 Å². The molecule has 0 aromatic heterocycles. The number of hydrogen-bond donors (Lipinski definition) is 7. The predicted molar refractivity (Wildman–Crippen MR) is 262 cm³/mol. The second-order valence-corrected chi connectivity index (χ2v) is 18.7. The molecule has 7 rings (SSSR count). The fourth-order valence-corrected chi connectivity index (χ4v) is 9.33. The molecule has 0 atom stereocenters. The van der Waals surface area contributed by atoms with Gasteiger partial charge < -0.3 is 66.1 Å². The van der Waals surface area contributed by atoms with Crippen LogP contribution in [0.25, 0.3) is 0 Å². The number of amidine groups is 2. The number of amides is 7. The van der Waals surface area contributed by atoms with Gasteiger partial charge in [-0.25, -0.2) is 19.2 Å². The highest BCUT2D eigenvalue weighted by atomic mass is 16.6. The summed E-state index contributed by atoms with van der Waals surface area (Å²) in [5, 5.41) is 30.1. The molecule has 0 spiro atoms. The molecule has 0 radical (unpaired) electrons. The van der Waals surface area contributed by atoms with Crippen LogP contribution >= 0.6 is 0 Å². The number of nitrogens with one attached hydrogen (secondary N) is 4. The third-order valence-corrected chi connectivity index (χ3v) is 13.8. The Morgan fingerprint density at radius 1 is 0.557 bits per heavy atom. The van der Waals surface area contributed by atoms with Crippen LogP contribution in [0.5, 0.6) is 0 Å². The van der Waals surface area contributed by atoms with Gasteiger partial charge in [-0.15, -0.1) is 0 Å². The number of carboxylic acid groups (broad SMARTS) is 1. The van der Waals surface area contributed by atoms with E-state index in [1.807, 2.05) is 0 Å². The van der Waals surface area contributed by atoms with Gasteiger partial charge in [0.25, 0.3) is 0 Å². The predicted octanol–water partition coefficient (Wildman–Crippen LogP) is 3.07. The first kappa shape index (κ1) is 52.7. The average Bonchev–Trinajstić information content (AvgIpc) is 3.36. The van der Waals surface area contributed by atoms with Crippen LogP contribution in [0.15, 0.2) is 48.5 Å². The van der Waals surface area contributed by atoms with E-state index in [1.54, 1.807) is 73.0 Å². The van der Waals surface area contributed by atoms with E-state index >= 15 is 0 Å². The number of urea groups is 1. The van der Waals surface area contributed by atoms with Gasteiger partial charge in [0.2, 0.25) is 11.8 Å². The highest BCUT2D eigenvalue weighted by molar-refractivity contribution is 5.95. The highest BCUT2D eigenvalue weighted by Crippen LogP contribution is 2.24. The quantitative estimate of drug-likeness (QED) is 0.126. The summed E-state index contributed by atoms with van der Waals surface area (Å²) >= 11 is 0. The zero-order valence-corrected chi connectivity index (χ0v) is 40.3. The van der Waals surface area contributed by atoms with Crippen molar-refractivity contribution in [3.05, 3.63) is 70.8 Å². The molecule has 4 heterocycles. The molecule has 9 N–H and O–H groups in total. The average molecular weight is 973 g/mol. The van der Waals surface area contributed by atoms with E-state index in [-0.39, 0.29) is 66.8 Å². The van der Waals surface area contributed by atoms with Gasteiger partial charge >= 0.3 is 24.3 Å². The Morgan fingerprint density at radius 3 is 1.31 bits per heavy atom. The lowest BCUT2D eigenvalue weighted by Crippen LogP contribution is -2.53. The number of nitrogens with two attached hydrogens (primary N) is 2. The molecule has 1 saturated carbocycles. The first-order valence-corrected chi connectivity index (χ1v) is 24.8. The van der Waals surface area contributed by atoms with Crippen molar-refractivity contribution in [2.45, 2.75) is 82.8 Å². The van der Waals surface area contributed by atoms with E-state index in [1.165, 1.54) is 17.7 Å². The molecular formula is C49H72N12O9. The van der Waals surface area contributed by atoms with E-state index < -0.39 is 6.09 Å². The van der Waals surface area contributed by atoms with Crippen LogP contribution in [0.3, 0.4) is 0 Å². The van der Waals surface area contributed by atoms with E-state index in [9.17, 15) is 28.8 Å². The molecule has 7 amide bonds. The molecule has 4 saturated heterocycles. The smallest absolute Gasteiger partial charge is 0.410 e. The Bertz CT molecular complexity index is 1970. The number of benzene rings is 2. The van der Waals surface area contributed by atoms with Crippen molar-refractivity contribution in [1.29, 1.82) is 10.8 Å². The maximum Gasteiger partial charge on any atom is 0.410 e. The number of hydrogen-bond acceptors (Lipinski definition) is 11. The second-order valence-electron chi connectivity index (χ2n) is 18.7. The fourth-order valence-electron chi connectivity index (χ4n) is 9.33. The number of rotatable bonds is 11. The van der Waals surface area contributed by atoms with E-state index in [2.05, 4.69) is 10.6 Å². The van der Waals surface area contributed by atoms with Crippen LogP contribution < -0.4 is 22.1 Å². The molecule has 5 aliphatic rings. The number of carbonyl (C=O) groups is 6. The first-order valence-electron chi connectivity index (χ1n) is 24.8. The van der Waals surface area contributed by atoms with Crippen LogP contribution in [-0.2, 0) is 31.9 Å². The van der Waals surface area contributed by atoms with Crippen LogP contribution in [0.1, 0.15) is 80.0 Å². The van der Waals surface area contributed by atoms with Crippen molar-refractivity contribution in [2.75, 3.05) is 98.2 Å². The number of piperidine rings is 1. The molecule has 1 aliphatic carbocycles. The molecule has 0 bridgehead atoms. The van der Waals surface area contributed by atoms with Crippen LogP contribution in [0.2, 0.25) is 0 Å². The van der Waals surface area contributed by atoms with Gasteiger partial charge in [-0.2, -0.15) is 0 Å². The van der Waals surface area contributed by atoms with Crippen molar-refractivity contribution < 1.29 is 43.3 Å². The summed E-state index contributed by atoms with van der Waals surface area (Å²) in [6.45, 7) is 8.06. The number of nitrogens with zero attached hydrogens (tertiary/aromatic N) is 6. The summed E-state index contributed by atoms with van der Waals surface area (Å²) < 4.78 is 11.8. The maximum absolute atomic E-state index is 13.0. The standard InChI is InChI=1S/C36H48N8O6.C13H24N4O3/c37-33(38)27-11-7-25(8-12-27)23-31(45)41-15-19-43(20-16-41)35(47)49-29-3-1-4-30(6-2-5-29)50-36(48)44-21-17-42(18-22-44)32(46)24-26-9-13-28(14-10-26)34(39)40;18-12(15-6-3-11-1-4-14-5-2-11)16-7-9-17(10-8-16)13(19)20/h7-14,29-30H,1-6,15-24H2,(H3,37,38)(H3,39,40);11,14H,1-10H2,(H,15,18)(H,19,20)/t29-,30+;.